The lowest BCUT2D eigenvalue weighted by Gasteiger charge is -2.46. The first-order valence-corrected chi connectivity index (χ1v) is 7.34. The van der Waals surface area contributed by atoms with Crippen LogP contribution in [0.5, 0.6) is 0 Å². The highest BCUT2D eigenvalue weighted by molar-refractivity contribution is 5.85. The quantitative estimate of drug-likeness (QED) is 0.555. The Hall–Kier alpha value is -0.440. The first-order chi connectivity index (χ1) is 9.57. The van der Waals surface area contributed by atoms with Gasteiger partial charge in [0.2, 0.25) is 0 Å². The lowest BCUT2D eigenvalue weighted by atomic mass is 10.2. The van der Waals surface area contributed by atoms with Gasteiger partial charge in [0, 0.05) is 26.1 Å². The maximum Gasteiger partial charge on any atom is 0.283 e. The molecule has 0 spiro atoms. The number of hydrogen-bond donors (Lipinski definition) is 1. The van der Waals surface area contributed by atoms with Crippen molar-refractivity contribution in [3.8, 4) is 0 Å². The third kappa shape index (κ3) is 4.51. The zero-order chi connectivity index (χ0) is 14.6. The van der Waals surface area contributed by atoms with Gasteiger partial charge in [-0.25, -0.2) is 0 Å². The summed E-state index contributed by atoms with van der Waals surface area (Å²) in [6.07, 6.45) is 0.669. The van der Waals surface area contributed by atoms with Gasteiger partial charge >= 0.3 is 0 Å². The molecule has 2 aliphatic rings. The number of hydroxylamine groups is 3. The smallest absolute Gasteiger partial charge is 0.283 e. The first-order valence-electron chi connectivity index (χ1n) is 7.34. The van der Waals surface area contributed by atoms with Gasteiger partial charge in [0.1, 0.15) is 6.61 Å². The van der Waals surface area contributed by atoms with Crippen LogP contribution in [-0.2, 0) is 14.3 Å². The second kappa shape index (κ2) is 8.26. The van der Waals surface area contributed by atoms with E-state index >= 15 is 0 Å². The summed E-state index contributed by atoms with van der Waals surface area (Å²) in [7, 11) is 0. The third-order valence-electron chi connectivity index (χ3n) is 4.08. The number of nitrogens with zero attached hydrogens (tertiary/aromatic N) is 2. The van der Waals surface area contributed by atoms with Crippen LogP contribution in [0.25, 0.3) is 0 Å². The topological polar surface area (TPSA) is 87.8 Å². The summed E-state index contributed by atoms with van der Waals surface area (Å²) >= 11 is 0. The monoisotopic (exact) mass is 323 g/mol. The zero-order valence-corrected chi connectivity index (χ0v) is 13.3. The van der Waals surface area contributed by atoms with E-state index in [4.69, 9.17) is 15.2 Å². The predicted octanol–water partition coefficient (Wildman–Crippen LogP) is -0.282. The van der Waals surface area contributed by atoms with E-state index in [2.05, 4.69) is 0 Å². The van der Waals surface area contributed by atoms with Crippen LogP contribution in [0.1, 0.15) is 13.3 Å². The fourth-order valence-electron chi connectivity index (χ4n) is 2.88. The Bertz CT molecular complexity index is 341. The number of likely N-dealkylation sites (tertiary alicyclic amines) is 1. The molecule has 0 aromatic heterocycles. The minimum atomic E-state index is -0.693. The largest absolute Gasteiger partial charge is 0.632 e. The van der Waals surface area contributed by atoms with Crippen LogP contribution in [0, 0.1) is 5.21 Å². The number of nitrogens with two attached hydrogens (primary N) is 1. The highest BCUT2D eigenvalue weighted by atomic mass is 35.5. The summed E-state index contributed by atoms with van der Waals surface area (Å²) in [6.45, 7) is 5.39. The van der Waals surface area contributed by atoms with E-state index < -0.39 is 10.7 Å². The average molecular weight is 324 g/mol. The van der Waals surface area contributed by atoms with Crippen LogP contribution in [0.2, 0.25) is 0 Å². The summed E-state index contributed by atoms with van der Waals surface area (Å²) in [5.41, 5.74) is 5.85. The molecule has 2 saturated heterocycles. The molecule has 124 valence electrons. The zero-order valence-electron chi connectivity index (χ0n) is 12.5. The van der Waals surface area contributed by atoms with E-state index in [1.54, 1.807) is 4.90 Å². The molecular formula is C13H26ClN3O4. The second-order valence-corrected chi connectivity index (χ2v) is 5.52. The van der Waals surface area contributed by atoms with Crippen molar-refractivity contribution < 1.29 is 18.9 Å². The van der Waals surface area contributed by atoms with E-state index in [1.165, 1.54) is 0 Å². The minimum Gasteiger partial charge on any atom is -0.632 e. The second-order valence-electron chi connectivity index (χ2n) is 5.52. The van der Waals surface area contributed by atoms with E-state index in [9.17, 15) is 10.0 Å². The molecule has 7 nitrogen and oxygen atoms in total. The van der Waals surface area contributed by atoms with Gasteiger partial charge in [-0.1, -0.05) is 0 Å². The Kier molecular flexibility index (Phi) is 7.32. The number of quaternary nitrogens is 1. The van der Waals surface area contributed by atoms with Crippen molar-refractivity contribution in [3.05, 3.63) is 5.21 Å². The van der Waals surface area contributed by atoms with Gasteiger partial charge in [-0.3, -0.25) is 4.79 Å². The lowest BCUT2D eigenvalue weighted by molar-refractivity contribution is -0.885. The number of carbonyl (C=O) groups is 1. The minimum absolute atomic E-state index is 0. The number of rotatable bonds is 5. The van der Waals surface area contributed by atoms with E-state index in [-0.39, 0.29) is 31.0 Å². The van der Waals surface area contributed by atoms with Crippen molar-refractivity contribution >= 4 is 18.3 Å². The Morgan fingerprint density at radius 3 is 2.71 bits per heavy atom. The summed E-state index contributed by atoms with van der Waals surface area (Å²) in [6, 6.07) is -0.810. The van der Waals surface area contributed by atoms with Gasteiger partial charge < -0.3 is 30.0 Å². The molecule has 2 rings (SSSR count). The highest BCUT2D eigenvalue weighted by Crippen LogP contribution is 2.23. The fourth-order valence-corrected chi connectivity index (χ4v) is 2.88. The van der Waals surface area contributed by atoms with Crippen LogP contribution in [0.15, 0.2) is 0 Å². The molecule has 8 heteroatoms. The summed E-state index contributed by atoms with van der Waals surface area (Å²) in [5.74, 6) is -0.120. The Labute approximate surface area is 131 Å². The number of amides is 1. The maximum atomic E-state index is 12.9. The highest BCUT2D eigenvalue weighted by Gasteiger charge is 2.42. The molecule has 2 heterocycles. The van der Waals surface area contributed by atoms with Crippen LogP contribution >= 0.6 is 12.4 Å². The SMILES string of the molecule is CCOC[C@@H](C(=O)N1CCOCC1)[N+]1([O-])CC[C@H](N)C1.Cl. The number of carbonyl (C=O) groups excluding carboxylic acids is 1. The van der Waals surface area contributed by atoms with Crippen molar-refractivity contribution in [2.45, 2.75) is 25.4 Å². The van der Waals surface area contributed by atoms with Crippen LogP contribution in [-0.4, -0.2) is 80.1 Å². The van der Waals surface area contributed by atoms with Crippen LogP contribution < -0.4 is 5.73 Å². The average Bonchev–Trinajstić information content (AvgIpc) is 2.80. The van der Waals surface area contributed by atoms with Gasteiger partial charge in [-0.2, -0.15) is 0 Å². The molecule has 0 aliphatic carbocycles. The van der Waals surface area contributed by atoms with Crippen molar-refractivity contribution in [1.29, 1.82) is 0 Å². The Morgan fingerprint density at radius 2 is 2.19 bits per heavy atom. The molecular weight excluding hydrogens is 298 g/mol. The Balaban J connectivity index is 0.00000220. The fraction of sp³-hybridized carbons (Fsp3) is 0.923. The molecule has 2 aliphatic heterocycles. The summed E-state index contributed by atoms with van der Waals surface area (Å²) in [4.78, 5) is 14.4. The standard InChI is InChI=1S/C13H25N3O4.ClH/c1-2-19-10-12(16(18)6-3-11(14)9-16)13(17)15-4-7-20-8-5-15;/h11-12H,2-10,14H2,1H3;1H/t11-,12-,16?;/m0./s1. The molecule has 0 aromatic rings. The lowest BCUT2D eigenvalue weighted by Crippen LogP contribution is -2.60. The molecule has 3 atom stereocenters. The molecule has 0 radical (unpaired) electrons. The Morgan fingerprint density at radius 1 is 1.52 bits per heavy atom. The normalized spacial score (nSPS) is 30.8. The third-order valence-corrected chi connectivity index (χ3v) is 4.08. The van der Waals surface area contributed by atoms with E-state index in [1.807, 2.05) is 6.92 Å². The van der Waals surface area contributed by atoms with Crippen molar-refractivity contribution in [1.82, 2.24) is 4.90 Å². The van der Waals surface area contributed by atoms with Crippen LogP contribution in [0.3, 0.4) is 0 Å². The predicted molar refractivity (Wildman–Crippen MR) is 80.9 cm³/mol. The van der Waals surface area contributed by atoms with Crippen molar-refractivity contribution in [3.63, 3.8) is 0 Å². The molecule has 0 aromatic carbocycles. The summed E-state index contributed by atoms with van der Waals surface area (Å²) < 4.78 is 10.1. The van der Waals surface area contributed by atoms with Gasteiger partial charge in [0.15, 0.2) is 6.04 Å². The molecule has 0 bridgehead atoms. The number of hydrogen-bond acceptors (Lipinski definition) is 5. The number of halogens is 1. The van der Waals surface area contributed by atoms with Crippen molar-refractivity contribution in [2.24, 2.45) is 5.73 Å². The molecule has 0 saturated carbocycles. The maximum absolute atomic E-state index is 12.9. The van der Waals surface area contributed by atoms with Gasteiger partial charge in [-0.05, 0) is 6.92 Å². The van der Waals surface area contributed by atoms with Gasteiger partial charge in [0.25, 0.3) is 5.91 Å². The molecule has 1 unspecified atom stereocenters. The van der Waals surface area contributed by atoms with Crippen LogP contribution in [0.4, 0.5) is 0 Å². The first kappa shape index (κ1) is 18.6. The molecule has 2 fully saturated rings. The van der Waals surface area contributed by atoms with Gasteiger partial charge in [0.05, 0.1) is 32.3 Å². The summed E-state index contributed by atoms with van der Waals surface area (Å²) in [5, 5.41) is 12.9. The van der Waals surface area contributed by atoms with Gasteiger partial charge in [-0.15, -0.1) is 12.4 Å². The molecule has 21 heavy (non-hydrogen) atoms. The number of morpholine rings is 1. The van der Waals surface area contributed by atoms with E-state index in [0.29, 0.717) is 52.4 Å². The number of ether oxygens (including phenoxy) is 2. The molecule has 2 N–H and O–H groups in total. The van der Waals surface area contributed by atoms with Crippen molar-refractivity contribution in [2.75, 3.05) is 52.6 Å². The molecule has 1 amide bonds. The van der Waals surface area contributed by atoms with E-state index in [0.717, 1.165) is 0 Å².